The van der Waals surface area contributed by atoms with Gasteiger partial charge >= 0.3 is 0 Å². The van der Waals surface area contributed by atoms with Crippen molar-refractivity contribution in [2.24, 2.45) is 0 Å². The summed E-state index contributed by atoms with van der Waals surface area (Å²) >= 11 is 5.42. The first-order chi connectivity index (χ1) is 12.1. The molecule has 2 rings (SSSR count). The Bertz CT molecular complexity index is 548. The maximum Gasteiger partial charge on any atom is 0.119 e. The Labute approximate surface area is 167 Å². The van der Waals surface area contributed by atoms with E-state index in [4.69, 9.17) is 31.5 Å². The van der Waals surface area contributed by atoms with Gasteiger partial charge in [0.1, 0.15) is 12.4 Å². The van der Waals surface area contributed by atoms with Gasteiger partial charge in [0.05, 0.1) is 43.6 Å². The standard InChI is InChI=1S/C18H28N2O4S.ClH/c1-20(2)18(25)17-11-16(12-19-17)24-13-14-4-3-5-15(10-14)23-9-8-22-7-6-21;/h3-5,10,16-17,19,21H,6-9,11-13H2,1-2H3;1H/t16-,17+;/m1./s1. The summed E-state index contributed by atoms with van der Waals surface area (Å²) in [5, 5.41) is 12.1. The van der Waals surface area contributed by atoms with Gasteiger partial charge in [-0.1, -0.05) is 24.4 Å². The third kappa shape index (κ3) is 7.73. The Morgan fingerprint density at radius 2 is 2.12 bits per heavy atom. The molecule has 8 heteroatoms. The summed E-state index contributed by atoms with van der Waals surface area (Å²) < 4.78 is 16.8. The van der Waals surface area contributed by atoms with Gasteiger partial charge in [-0.3, -0.25) is 0 Å². The zero-order valence-corrected chi connectivity index (χ0v) is 17.0. The molecule has 2 atom stereocenters. The SMILES string of the molecule is CN(C)C(=S)[C@@H]1C[C@@H](OCc2cccc(OCCOCCO)c2)CN1.Cl. The van der Waals surface area contributed by atoms with Gasteiger partial charge < -0.3 is 29.5 Å². The molecule has 0 aliphatic carbocycles. The second-order valence-corrected chi connectivity index (χ2v) is 6.61. The van der Waals surface area contributed by atoms with Crippen LogP contribution in [0.5, 0.6) is 5.75 Å². The summed E-state index contributed by atoms with van der Waals surface area (Å²) in [7, 11) is 3.94. The predicted octanol–water partition coefficient (Wildman–Crippen LogP) is 1.63. The molecular weight excluding hydrogens is 376 g/mol. The topological polar surface area (TPSA) is 63.2 Å². The number of nitrogens with zero attached hydrogens (tertiary/aromatic N) is 1. The van der Waals surface area contributed by atoms with E-state index in [0.717, 1.165) is 29.3 Å². The number of aliphatic hydroxyl groups excluding tert-OH is 1. The van der Waals surface area contributed by atoms with E-state index >= 15 is 0 Å². The van der Waals surface area contributed by atoms with Crippen molar-refractivity contribution in [3.05, 3.63) is 29.8 Å². The lowest BCUT2D eigenvalue weighted by Gasteiger charge is -2.19. The molecule has 0 unspecified atom stereocenters. The molecule has 148 valence electrons. The van der Waals surface area contributed by atoms with Crippen molar-refractivity contribution >= 4 is 29.6 Å². The molecule has 26 heavy (non-hydrogen) atoms. The first-order valence-corrected chi connectivity index (χ1v) is 8.97. The zero-order valence-electron chi connectivity index (χ0n) is 15.3. The van der Waals surface area contributed by atoms with Crippen LogP contribution in [0.4, 0.5) is 0 Å². The summed E-state index contributed by atoms with van der Waals surface area (Å²) in [4.78, 5) is 2.89. The molecule has 0 aromatic heterocycles. The Morgan fingerprint density at radius 3 is 2.85 bits per heavy atom. The molecule has 1 aliphatic heterocycles. The number of halogens is 1. The van der Waals surface area contributed by atoms with Crippen molar-refractivity contribution in [2.75, 3.05) is 47.1 Å². The molecule has 1 aromatic rings. The van der Waals surface area contributed by atoms with E-state index in [1.165, 1.54) is 0 Å². The van der Waals surface area contributed by atoms with Gasteiger partial charge in [-0.15, -0.1) is 12.4 Å². The molecule has 2 N–H and O–H groups in total. The van der Waals surface area contributed by atoms with E-state index in [1.54, 1.807) is 0 Å². The lowest BCUT2D eigenvalue weighted by atomic mass is 10.2. The van der Waals surface area contributed by atoms with Crippen LogP contribution >= 0.6 is 24.6 Å². The van der Waals surface area contributed by atoms with Crippen LogP contribution in [0.3, 0.4) is 0 Å². The van der Waals surface area contributed by atoms with Crippen LogP contribution in [0.15, 0.2) is 24.3 Å². The summed E-state index contributed by atoms with van der Waals surface area (Å²) in [5.74, 6) is 0.796. The van der Waals surface area contributed by atoms with Gasteiger partial charge in [-0.2, -0.15) is 0 Å². The number of rotatable bonds is 10. The second kappa shape index (κ2) is 12.4. The number of benzene rings is 1. The number of aliphatic hydroxyl groups is 1. The molecule has 6 nitrogen and oxygen atoms in total. The maximum absolute atomic E-state index is 8.65. The van der Waals surface area contributed by atoms with Crippen molar-refractivity contribution < 1.29 is 19.3 Å². The minimum absolute atomic E-state index is 0. The van der Waals surface area contributed by atoms with E-state index in [9.17, 15) is 0 Å². The molecule has 0 radical (unpaired) electrons. The average Bonchev–Trinajstić information content (AvgIpc) is 3.08. The molecule has 1 aliphatic rings. The maximum atomic E-state index is 8.65. The highest BCUT2D eigenvalue weighted by molar-refractivity contribution is 7.80. The predicted molar refractivity (Wildman–Crippen MR) is 108 cm³/mol. The molecular formula is C18H29ClN2O4S. The first kappa shape index (κ1) is 23.1. The number of thiocarbonyl (C=S) groups is 1. The molecule has 1 aromatic carbocycles. The van der Waals surface area contributed by atoms with Gasteiger partial charge in [-0.25, -0.2) is 0 Å². The van der Waals surface area contributed by atoms with Crippen LogP contribution in [0.25, 0.3) is 0 Å². The third-order valence-electron chi connectivity index (χ3n) is 3.95. The van der Waals surface area contributed by atoms with E-state index < -0.39 is 0 Å². The second-order valence-electron chi connectivity index (χ2n) is 6.19. The van der Waals surface area contributed by atoms with Gasteiger partial charge in [-0.05, 0) is 24.1 Å². The number of likely N-dealkylation sites (N-methyl/N-ethyl adjacent to an activating group) is 1. The van der Waals surface area contributed by atoms with Crippen molar-refractivity contribution in [3.8, 4) is 5.75 Å². The fourth-order valence-electron chi connectivity index (χ4n) is 2.65. The van der Waals surface area contributed by atoms with Crippen LogP contribution in [-0.2, 0) is 16.1 Å². The molecule has 1 saturated heterocycles. The van der Waals surface area contributed by atoms with Gasteiger partial charge in [0.25, 0.3) is 0 Å². The fourth-order valence-corrected chi connectivity index (χ4v) is 2.83. The van der Waals surface area contributed by atoms with Crippen LogP contribution < -0.4 is 10.1 Å². The molecule has 0 spiro atoms. The number of hydrogen-bond acceptors (Lipinski definition) is 6. The molecule has 0 bridgehead atoms. The van der Waals surface area contributed by atoms with Gasteiger partial charge in [0.15, 0.2) is 0 Å². The van der Waals surface area contributed by atoms with Crippen LogP contribution in [0, 0.1) is 0 Å². The van der Waals surface area contributed by atoms with E-state index in [-0.39, 0.29) is 31.2 Å². The summed E-state index contributed by atoms with van der Waals surface area (Å²) in [6.45, 7) is 2.65. The lowest BCUT2D eigenvalue weighted by Crippen LogP contribution is -2.38. The summed E-state index contributed by atoms with van der Waals surface area (Å²) in [6.07, 6.45) is 1.06. The van der Waals surface area contributed by atoms with Gasteiger partial charge in [0.2, 0.25) is 0 Å². The summed E-state index contributed by atoms with van der Waals surface area (Å²) in [6, 6.07) is 8.09. The minimum atomic E-state index is 0. The van der Waals surface area contributed by atoms with Crippen LogP contribution in [-0.4, -0.2) is 74.2 Å². The highest BCUT2D eigenvalue weighted by Crippen LogP contribution is 2.18. The van der Waals surface area contributed by atoms with E-state index in [2.05, 4.69) is 5.32 Å². The van der Waals surface area contributed by atoms with Crippen molar-refractivity contribution in [3.63, 3.8) is 0 Å². The third-order valence-corrected chi connectivity index (χ3v) is 4.60. The molecule has 1 heterocycles. The van der Waals surface area contributed by atoms with Crippen molar-refractivity contribution in [1.82, 2.24) is 10.2 Å². The Kier molecular flexibility index (Phi) is 11.0. The smallest absolute Gasteiger partial charge is 0.119 e. The van der Waals surface area contributed by atoms with Gasteiger partial charge in [0, 0.05) is 20.6 Å². The zero-order chi connectivity index (χ0) is 18.1. The largest absolute Gasteiger partial charge is 0.491 e. The van der Waals surface area contributed by atoms with Crippen LogP contribution in [0.1, 0.15) is 12.0 Å². The normalized spacial score (nSPS) is 19.0. The quantitative estimate of drug-likeness (QED) is 0.454. The highest BCUT2D eigenvalue weighted by atomic mass is 35.5. The number of ether oxygens (including phenoxy) is 3. The van der Waals surface area contributed by atoms with E-state index in [1.807, 2.05) is 43.3 Å². The highest BCUT2D eigenvalue weighted by Gasteiger charge is 2.28. The molecule has 1 fully saturated rings. The number of hydrogen-bond donors (Lipinski definition) is 2. The first-order valence-electron chi connectivity index (χ1n) is 8.56. The Balaban J connectivity index is 0.00000338. The van der Waals surface area contributed by atoms with E-state index in [0.29, 0.717) is 26.4 Å². The fraction of sp³-hybridized carbons (Fsp3) is 0.611. The summed E-state index contributed by atoms with van der Waals surface area (Å²) in [5.41, 5.74) is 1.08. The van der Waals surface area contributed by atoms with Crippen molar-refractivity contribution in [2.45, 2.75) is 25.2 Å². The Hall–Kier alpha value is -0.960. The monoisotopic (exact) mass is 404 g/mol. The Morgan fingerprint density at radius 1 is 1.31 bits per heavy atom. The number of nitrogens with one attached hydrogen (secondary N) is 1. The van der Waals surface area contributed by atoms with Crippen molar-refractivity contribution in [1.29, 1.82) is 0 Å². The lowest BCUT2D eigenvalue weighted by molar-refractivity contribution is 0.0531. The molecule has 0 amide bonds. The molecule has 0 saturated carbocycles. The van der Waals surface area contributed by atoms with Crippen LogP contribution in [0.2, 0.25) is 0 Å². The minimum Gasteiger partial charge on any atom is -0.491 e. The average molecular weight is 405 g/mol.